The van der Waals surface area contributed by atoms with E-state index < -0.39 is 0 Å². The van der Waals surface area contributed by atoms with Crippen molar-refractivity contribution in [3.8, 4) is 0 Å². The van der Waals surface area contributed by atoms with Gasteiger partial charge < -0.3 is 4.74 Å². The number of rotatable bonds is 7. The molecule has 0 spiro atoms. The molecule has 1 nitrogen and oxygen atoms in total. The fraction of sp³-hybridized carbons (Fsp3) is 0.800. The van der Waals surface area contributed by atoms with Gasteiger partial charge in [-0.2, -0.15) is 0 Å². The number of hydrogen-bond acceptors (Lipinski definition) is 1. The molecule has 0 aliphatic heterocycles. The van der Waals surface area contributed by atoms with E-state index in [1.807, 2.05) is 6.08 Å². The van der Waals surface area contributed by atoms with Crippen molar-refractivity contribution in [3.63, 3.8) is 0 Å². The summed E-state index contributed by atoms with van der Waals surface area (Å²) < 4.78 is 5.58. The van der Waals surface area contributed by atoms with E-state index in [2.05, 4.69) is 22.5 Å². The monoisotopic (exact) mass is 232 g/mol. The van der Waals surface area contributed by atoms with Crippen LogP contribution in [0.1, 0.15) is 25.7 Å². The quantitative estimate of drug-likeness (QED) is 0.373. The second-order valence-electron chi connectivity index (χ2n) is 3.62. The molecule has 0 heterocycles. The Morgan fingerprint density at radius 2 is 2.25 bits per heavy atom. The Kier molecular flexibility index (Phi) is 4.30. The Morgan fingerprint density at radius 3 is 2.75 bits per heavy atom. The van der Waals surface area contributed by atoms with Crippen molar-refractivity contribution in [2.75, 3.05) is 18.5 Å². The van der Waals surface area contributed by atoms with Crippen LogP contribution in [0.15, 0.2) is 12.7 Å². The van der Waals surface area contributed by atoms with Crippen molar-refractivity contribution < 1.29 is 4.74 Å². The summed E-state index contributed by atoms with van der Waals surface area (Å²) in [7, 11) is 0. The van der Waals surface area contributed by atoms with Gasteiger partial charge in [-0.05, 0) is 25.7 Å². The van der Waals surface area contributed by atoms with Gasteiger partial charge in [0.1, 0.15) is 0 Å². The highest BCUT2D eigenvalue weighted by molar-refractivity contribution is 9.09. The molecular formula is C10H17BrO. The number of hydrogen-bond donors (Lipinski definition) is 0. The summed E-state index contributed by atoms with van der Waals surface area (Å²) >= 11 is 3.52. The third-order valence-corrected chi connectivity index (χ3v) is 3.54. The second kappa shape index (κ2) is 5.03. The molecule has 0 aromatic heterocycles. The van der Waals surface area contributed by atoms with Crippen molar-refractivity contribution >= 4 is 15.9 Å². The van der Waals surface area contributed by atoms with Gasteiger partial charge in [-0.25, -0.2) is 0 Å². The van der Waals surface area contributed by atoms with Gasteiger partial charge in [-0.3, -0.25) is 0 Å². The van der Waals surface area contributed by atoms with Crippen LogP contribution >= 0.6 is 15.9 Å². The molecule has 0 amide bonds. The highest BCUT2D eigenvalue weighted by Gasteiger charge is 2.41. The van der Waals surface area contributed by atoms with Gasteiger partial charge >= 0.3 is 0 Å². The molecule has 70 valence electrons. The normalized spacial score (nSPS) is 19.1. The standard InChI is InChI=1S/C10H17BrO/c1-2-3-4-7-12-9-10(8-11)5-6-10/h2H,1,3-9H2. The maximum atomic E-state index is 5.58. The maximum absolute atomic E-state index is 5.58. The molecule has 12 heavy (non-hydrogen) atoms. The van der Waals surface area contributed by atoms with Crippen LogP contribution in [0, 0.1) is 5.41 Å². The van der Waals surface area contributed by atoms with E-state index in [-0.39, 0.29) is 0 Å². The Morgan fingerprint density at radius 1 is 1.50 bits per heavy atom. The zero-order chi connectivity index (χ0) is 8.86. The third-order valence-electron chi connectivity index (χ3n) is 2.35. The molecule has 1 aliphatic carbocycles. The minimum atomic E-state index is 0.508. The van der Waals surface area contributed by atoms with Crippen LogP contribution < -0.4 is 0 Å². The van der Waals surface area contributed by atoms with Crippen LogP contribution in [0.25, 0.3) is 0 Å². The smallest absolute Gasteiger partial charge is 0.0530 e. The topological polar surface area (TPSA) is 9.23 Å². The fourth-order valence-corrected chi connectivity index (χ4v) is 1.83. The van der Waals surface area contributed by atoms with Crippen LogP contribution in [0.3, 0.4) is 0 Å². The lowest BCUT2D eigenvalue weighted by molar-refractivity contribution is 0.0971. The van der Waals surface area contributed by atoms with Crippen LogP contribution in [-0.4, -0.2) is 18.5 Å². The zero-order valence-corrected chi connectivity index (χ0v) is 9.11. The van der Waals surface area contributed by atoms with Gasteiger partial charge in [0, 0.05) is 17.4 Å². The zero-order valence-electron chi connectivity index (χ0n) is 7.52. The minimum absolute atomic E-state index is 0.508. The van der Waals surface area contributed by atoms with Crippen LogP contribution in [0.4, 0.5) is 0 Å². The van der Waals surface area contributed by atoms with Crippen LogP contribution in [0.5, 0.6) is 0 Å². The molecule has 2 heteroatoms. The van der Waals surface area contributed by atoms with Crippen molar-refractivity contribution in [1.29, 1.82) is 0 Å². The first-order valence-corrected chi connectivity index (χ1v) is 5.70. The molecule has 1 fully saturated rings. The number of alkyl halides is 1. The Balaban J connectivity index is 1.92. The number of ether oxygens (including phenoxy) is 1. The molecule has 1 rings (SSSR count). The van der Waals surface area contributed by atoms with E-state index >= 15 is 0 Å². The summed E-state index contributed by atoms with van der Waals surface area (Å²) in [6, 6.07) is 0. The number of halogens is 1. The predicted molar refractivity (Wildman–Crippen MR) is 55.7 cm³/mol. The van der Waals surface area contributed by atoms with E-state index in [9.17, 15) is 0 Å². The summed E-state index contributed by atoms with van der Waals surface area (Å²) in [6.45, 7) is 5.50. The predicted octanol–water partition coefficient (Wildman–Crippen LogP) is 3.14. The second-order valence-corrected chi connectivity index (χ2v) is 4.18. The highest BCUT2D eigenvalue weighted by Crippen LogP contribution is 2.47. The SMILES string of the molecule is C=CCCCOCC1(CBr)CC1. The minimum Gasteiger partial charge on any atom is -0.381 e. The number of unbranched alkanes of at least 4 members (excludes halogenated alkanes) is 1. The average molecular weight is 233 g/mol. The Bertz CT molecular complexity index is 141. The van der Waals surface area contributed by atoms with E-state index in [4.69, 9.17) is 4.74 Å². The van der Waals surface area contributed by atoms with Crippen molar-refractivity contribution in [1.82, 2.24) is 0 Å². The van der Waals surface area contributed by atoms with Gasteiger partial charge in [0.2, 0.25) is 0 Å². The molecule has 0 saturated heterocycles. The third kappa shape index (κ3) is 3.28. The molecule has 0 bridgehead atoms. The molecule has 1 aliphatic rings. The fourth-order valence-electron chi connectivity index (χ4n) is 1.11. The largest absolute Gasteiger partial charge is 0.381 e. The lowest BCUT2D eigenvalue weighted by Gasteiger charge is -2.10. The van der Waals surface area contributed by atoms with Gasteiger partial charge in [-0.1, -0.05) is 22.0 Å². The number of allylic oxidation sites excluding steroid dienone is 1. The highest BCUT2D eigenvalue weighted by atomic mass is 79.9. The van der Waals surface area contributed by atoms with Crippen molar-refractivity contribution in [3.05, 3.63) is 12.7 Å². The van der Waals surface area contributed by atoms with Gasteiger partial charge in [0.15, 0.2) is 0 Å². The summed E-state index contributed by atoms with van der Waals surface area (Å²) in [5, 5.41) is 1.10. The maximum Gasteiger partial charge on any atom is 0.0530 e. The lowest BCUT2D eigenvalue weighted by Crippen LogP contribution is -2.12. The Hall–Kier alpha value is 0.180. The molecule has 0 aromatic rings. The van der Waals surface area contributed by atoms with Gasteiger partial charge in [0.05, 0.1) is 6.61 Å². The summed E-state index contributed by atoms with van der Waals surface area (Å²) in [6.07, 6.45) is 6.79. The van der Waals surface area contributed by atoms with Gasteiger partial charge in [0.25, 0.3) is 0 Å². The molecule has 0 N–H and O–H groups in total. The van der Waals surface area contributed by atoms with E-state index in [1.54, 1.807) is 0 Å². The summed E-state index contributed by atoms with van der Waals surface area (Å²) in [5.74, 6) is 0. The molecule has 0 radical (unpaired) electrons. The molecular weight excluding hydrogens is 216 g/mol. The Labute approximate surface area is 83.3 Å². The summed E-state index contributed by atoms with van der Waals surface area (Å²) in [4.78, 5) is 0. The first kappa shape index (κ1) is 10.3. The van der Waals surface area contributed by atoms with Crippen LogP contribution in [-0.2, 0) is 4.74 Å². The van der Waals surface area contributed by atoms with Crippen LogP contribution in [0.2, 0.25) is 0 Å². The molecule has 0 unspecified atom stereocenters. The summed E-state index contributed by atoms with van der Waals surface area (Å²) in [5.41, 5.74) is 0.508. The molecule has 0 aromatic carbocycles. The van der Waals surface area contributed by atoms with Gasteiger partial charge in [-0.15, -0.1) is 6.58 Å². The molecule has 1 saturated carbocycles. The van der Waals surface area contributed by atoms with Crippen molar-refractivity contribution in [2.45, 2.75) is 25.7 Å². The van der Waals surface area contributed by atoms with E-state index in [0.717, 1.165) is 31.4 Å². The van der Waals surface area contributed by atoms with E-state index in [1.165, 1.54) is 12.8 Å². The first-order chi connectivity index (χ1) is 5.83. The first-order valence-electron chi connectivity index (χ1n) is 4.58. The lowest BCUT2D eigenvalue weighted by atomic mass is 10.2. The molecule has 0 atom stereocenters. The van der Waals surface area contributed by atoms with E-state index in [0.29, 0.717) is 5.41 Å². The van der Waals surface area contributed by atoms with Crippen molar-refractivity contribution in [2.24, 2.45) is 5.41 Å². The average Bonchev–Trinajstić information content (AvgIpc) is 2.85.